The predicted molar refractivity (Wildman–Crippen MR) is 129 cm³/mol. The number of amides is 2. The molecule has 1 aromatic carbocycles. The second-order valence-electron chi connectivity index (χ2n) is 9.86. The molecular formula is C24H36N4O5S. The zero-order valence-corrected chi connectivity index (χ0v) is 21.1. The summed E-state index contributed by atoms with van der Waals surface area (Å²) in [4.78, 5) is 27.1. The Labute approximate surface area is 202 Å². The van der Waals surface area contributed by atoms with Crippen LogP contribution in [0.1, 0.15) is 45.1 Å². The van der Waals surface area contributed by atoms with E-state index in [-0.39, 0.29) is 22.6 Å². The van der Waals surface area contributed by atoms with Crippen molar-refractivity contribution in [3.63, 3.8) is 0 Å². The third kappa shape index (κ3) is 5.39. The molecule has 1 atom stereocenters. The fourth-order valence-corrected chi connectivity index (χ4v) is 6.58. The van der Waals surface area contributed by atoms with E-state index in [9.17, 15) is 18.0 Å². The number of carbonyl (C=O) groups excluding carboxylic acids is 2. The second-order valence-corrected chi connectivity index (χ2v) is 11.8. The van der Waals surface area contributed by atoms with Crippen molar-refractivity contribution in [3.8, 4) is 5.75 Å². The number of hydrogen-bond donors (Lipinski definition) is 2. The molecule has 3 aliphatic rings. The van der Waals surface area contributed by atoms with Gasteiger partial charge in [-0.3, -0.25) is 9.59 Å². The van der Waals surface area contributed by atoms with E-state index in [1.807, 2.05) is 0 Å². The highest BCUT2D eigenvalue weighted by Crippen LogP contribution is 2.36. The molecule has 0 radical (unpaired) electrons. The molecule has 0 aliphatic carbocycles. The first-order chi connectivity index (χ1) is 16.1. The molecule has 0 aromatic heterocycles. The van der Waals surface area contributed by atoms with E-state index in [1.54, 1.807) is 19.9 Å². The summed E-state index contributed by atoms with van der Waals surface area (Å²) in [5, 5.41) is 5.79. The van der Waals surface area contributed by atoms with Crippen LogP contribution in [0.2, 0.25) is 0 Å². The molecule has 0 spiro atoms. The minimum absolute atomic E-state index is 0.0190. The minimum atomic E-state index is -3.74. The molecule has 3 aliphatic heterocycles. The number of carbonyl (C=O) groups is 2. The highest BCUT2D eigenvalue weighted by molar-refractivity contribution is 7.89. The van der Waals surface area contributed by atoms with Crippen LogP contribution in [0.15, 0.2) is 17.0 Å². The maximum absolute atomic E-state index is 13.4. The van der Waals surface area contributed by atoms with E-state index in [0.717, 1.165) is 25.6 Å². The first-order valence-electron chi connectivity index (χ1n) is 12.3. The Balaban J connectivity index is 1.31. The summed E-state index contributed by atoms with van der Waals surface area (Å²) >= 11 is 0. The molecule has 2 amide bonds. The zero-order chi connectivity index (χ0) is 24.5. The van der Waals surface area contributed by atoms with Crippen molar-refractivity contribution in [2.75, 3.05) is 44.6 Å². The molecule has 0 saturated carbocycles. The Morgan fingerprint density at radius 1 is 1.12 bits per heavy atom. The Hall–Kier alpha value is -2.17. The van der Waals surface area contributed by atoms with Gasteiger partial charge in [0.2, 0.25) is 15.9 Å². The third-order valence-electron chi connectivity index (χ3n) is 7.25. The van der Waals surface area contributed by atoms with E-state index >= 15 is 0 Å². The molecule has 2 fully saturated rings. The Morgan fingerprint density at radius 3 is 2.47 bits per heavy atom. The molecule has 1 unspecified atom stereocenters. The zero-order valence-electron chi connectivity index (χ0n) is 20.3. The smallest absolute Gasteiger partial charge is 0.265 e. The molecular weight excluding hydrogens is 456 g/mol. The molecule has 2 N–H and O–H groups in total. The van der Waals surface area contributed by atoms with E-state index in [1.165, 1.54) is 23.2 Å². The fourth-order valence-electron chi connectivity index (χ4n) is 4.89. The van der Waals surface area contributed by atoms with Crippen LogP contribution in [0, 0.1) is 18.8 Å². The van der Waals surface area contributed by atoms with Gasteiger partial charge in [-0.15, -0.1) is 0 Å². The SMILES string of the molecule is Cc1cc2c(cc1S(=O)(=O)N1CCC(C(=O)NCCN3CCC(C)CC3)CC1)OC(C)C(=O)N2. The van der Waals surface area contributed by atoms with E-state index < -0.39 is 16.1 Å². The Morgan fingerprint density at radius 2 is 1.79 bits per heavy atom. The number of sulfonamides is 1. The van der Waals surface area contributed by atoms with Crippen molar-refractivity contribution in [2.24, 2.45) is 11.8 Å². The molecule has 1 aromatic rings. The van der Waals surface area contributed by atoms with Crippen molar-refractivity contribution in [2.45, 2.75) is 57.5 Å². The van der Waals surface area contributed by atoms with Crippen LogP contribution >= 0.6 is 0 Å². The minimum Gasteiger partial charge on any atom is -0.479 e. The number of fused-ring (bicyclic) bond motifs is 1. The largest absolute Gasteiger partial charge is 0.479 e. The molecule has 9 nitrogen and oxygen atoms in total. The summed E-state index contributed by atoms with van der Waals surface area (Å²) in [6.07, 6.45) is 2.74. The lowest BCUT2D eigenvalue weighted by Gasteiger charge is -2.32. The van der Waals surface area contributed by atoms with E-state index in [0.29, 0.717) is 49.5 Å². The summed E-state index contributed by atoms with van der Waals surface area (Å²) in [6, 6.07) is 3.13. The van der Waals surface area contributed by atoms with E-state index in [2.05, 4.69) is 22.5 Å². The summed E-state index contributed by atoms with van der Waals surface area (Å²) in [5.41, 5.74) is 1.03. The topological polar surface area (TPSA) is 108 Å². The number of piperidine rings is 2. The van der Waals surface area contributed by atoms with Crippen LogP contribution in [0.4, 0.5) is 5.69 Å². The predicted octanol–water partition coefficient (Wildman–Crippen LogP) is 1.96. The number of aryl methyl sites for hydroxylation is 1. The lowest BCUT2D eigenvalue weighted by molar-refractivity contribution is -0.126. The van der Waals surface area contributed by atoms with Crippen LogP contribution in [0.5, 0.6) is 5.75 Å². The monoisotopic (exact) mass is 492 g/mol. The number of nitrogens with zero attached hydrogens (tertiary/aromatic N) is 2. The van der Waals surface area contributed by atoms with Gasteiger partial charge in [-0.2, -0.15) is 4.31 Å². The van der Waals surface area contributed by atoms with Gasteiger partial charge in [-0.05, 0) is 70.2 Å². The number of nitrogens with one attached hydrogen (secondary N) is 2. The van der Waals surface area contributed by atoms with Crippen LogP contribution in [-0.4, -0.2) is 74.8 Å². The van der Waals surface area contributed by atoms with Crippen LogP contribution in [-0.2, 0) is 19.6 Å². The quantitative estimate of drug-likeness (QED) is 0.629. The standard InChI is InChI=1S/C24H36N4O5S/c1-16-4-9-27(10-5-16)13-8-25-24(30)19-6-11-28(12-7-19)34(31,32)22-15-21-20(14-17(22)2)26-23(29)18(3)33-21/h14-16,18-19H,4-13H2,1-3H3,(H,25,30)(H,26,29). The van der Waals surface area contributed by atoms with Crippen LogP contribution < -0.4 is 15.4 Å². The first kappa shape index (κ1) is 24.9. The van der Waals surface area contributed by atoms with Gasteiger partial charge >= 0.3 is 0 Å². The van der Waals surface area contributed by atoms with Crippen LogP contribution in [0.3, 0.4) is 0 Å². The Bertz CT molecular complexity index is 1030. The maximum atomic E-state index is 13.4. The van der Waals surface area contributed by atoms with Crippen LogP contribution in [0.25, 0.3) is 0 Å². The summed E-state index contributed by atoms with van der Waals surface area (Å²) in [5.74, 6) is 0.735. The van der Waals surface area contributed by atoms with Gasteiger partial charge in [0, 0.05) is 38.2 Å². The molecule has 10 heteroatoms. The molecule has 188 valence electrons. The fraction of sp³-hybridized carbons (Fsp3) is 0.667. The van der Waals surface area contributed by atoms with Crippen molar-refractivity contribution in [1.82, 2.24) is 14.5 Å². The number of rotatable bonds is 6. The van der Waals surface area contributed by atoms with Gasteiger partial charge in [0.1, 0.15) is 5.75 Å². The lowest BCUT2D eigenvalue weighted by Crippen LogP contribution is -2.45. The van der Waals surface area contributed by atoms with Gasteiger partial charge in [0.15, 0.2) is 6.10 Å². The molecule has 3 heterocycles. The van der Waals surface area contributed by atoms with Gasteiger partial charge in [-0.25, -0.2) is 8.42 Å². The van der Waals surface area contributed by atoms with Crippen molar-refractivity contribution in [1.29, 1.82) is 0 Å². The molecule has 34 heavy (non-hydrogen) atoms. The number of benzene rings is 1. The lowest BCUT2D eigenvalue weighted by atomic mass is 9.97. The number of ether oxygens (including phenoxy) is 1. The van der Waals surface area contributed by atoms with Gasteiger partial charge < -0.3 is 20.3 Å². The van der Waals surface area contributed by atoms with Gasteiger partial charge in [0.05, 0.1) is 10.6 Å². The Kier molecular flexibility index (Phi) is 7.49. The maximum Gasteiger partial charge on any atom is 0.265 e. The third-order valence-corrected chi connectivity index (χ3v) is 9.29. The summed E-state index contributed by atoms with van der Waals surface area (Å²) in [6.45, 7) is 9.89. The molecule has 4 rings (SSSR count). The molecule has 2 saturated heterocycles. The van der Waals surface area contributed by atoms with E-state index in [4.69, 9.17) is 4.74 Å². The highest BCUT2D eigenvalue weighted by Gasteiger charge is 2.34. The van der Waals surface area contributed by atoms with Crippen molar-refractivity contribution >= 4 is 27.5 Å². The van der Waals surface area contributed by atoms with Crippen molar-refractivity contribution < 1.29 is 22.7 Å². The average molecular weight is 493 g/mol. The normalized spacial score (nSPS) is 23.1. The summed E-state index contributed by atoms with van der Waals surface area (Å²) < 4.78 is 33.8. The summed E-state index contributed by atoms with van der Waals surface area (Å²) in [7, 11) is -3.74. The molecule has 0 bridgehead atoms. The second kappa shape index (κ2) is 10.2. The first-order valence-corrected chi connectivity index (χ1v) is 13.7. The number of likely N-dealkylation sites (tertiary alicyclic amines) is 1. The average Bonchev–Trinajstić information content (AvgIpc) is 2.81. The van der Waals surface area contributed by atoms with Gasteiger partial charge in [-0.1, -0.05) is 6.92 Å². The number of anilines is 1. The number of hydrogen-bond acceptors (Lipinski definition) is 6. The van der Waals surface area contributed by atoms with Crippen molar-refractivity contribution in [3.05, 3.63) is 17.7 Å². The van der Waals surface area contributed by atoms with Gasteiger partial charge in [0.25, 0.3) is 5.91 Å². The highest BCUT2D eigenvalue weighted by atomic mass is 32.2.